The van der Waals surface area contributed by atoms with Crippen LogP contribution >= 0.6 is 0 Å². The molecule has 0 radical (unpaired) electrons. The van der Waals surface area contributed by atoms with Gasteiger partial charge in [-0.2, -0.15) is 14.6 Å². The lowest BCUT2D eigenvalue weighted by Crippen LogP contribution is -2.23. The van der Waals surface area contributed by atoms with Gasteiger partial charge in [-0.1, -0.05) is 13.8 Å². The van der Waals surface area contributed by atoms with E-state index in [1.807, 2.05) is 11.4 Å². The Morgan fingerprint density at radius 2 is 1.94 bits per heavy atom. The van der Waals surface area contributed by atoms with Gasteiger partial charge in [0.2, 0.25) is 0 Å². The molecule has 0 aromatic carbocycles. The molecule has 0 saturated carbocycles. The van der Waals surface area contributed by atoms with Crippen molar-refractivity contribution in [3.8, 4) is 0 Å². The fourth-order valence-corrected chi connectivity index (χ4v) is 2.45. The Morgan fingerprint density at radius 3 is 2.65 bits per heavy atom. The van der Waals surface area contributed by atoms with E-state index >= 15 is 0 Å². The van der Waals surface area contributed by atoms with Crippen LogP contribution in [0.25, 0.3) is 5.78 Å². The van der Waals surface area contributed by atoms with Crippen molar-refractivity contribution < 1.29 is 0 Å². The van der Waals surface area contributed by atoms with E-state index in [2.05, 4.69) is 39.9 Å². The molecule has 2 aromatic rings. The summed E-state index contributed by atoms with van der Waals surface area (Å²) in [5.74, 6) is 3.25. The Balaban J connectivity index is 2.08. The van der Waals surface area contributed by atoms with Crippen molar-refractivity contribution in [3.05, 3.63) is 18.1 Å². The van der Waals surface area contributed by atoms with Crippen LogP contribution < -0.4 is 4.90 Å². The number of nitrogens with zero attached hydrogens (tertiary/aromatic N) is 5. The highest BCUT2D eigenvalue weighted by molar-refractivity contribution is 5.48. The van der Waals surface area contributed by atoms with Crippen LogP contribution in [-0.2, 0) is 0 Å². The quantitative estimate of drug-likeness (QED) is 0.746. The van der Waals surface area contributed by atoms with Crippen molar-refractivity contribution in [1.82, 2.24) is 19.6 Å². The summed E-state index contributed by atoms with van der Waals surface area (Å²) in [5, 5.41) is 4.26. The zero-order chi connectivity index (χ0) is 12.0. The molecule has 1 saturated heterocycles. The Bertz CT molecular complexity index is 537. The molecule has 0 aliphatic carbocycles. The van der Waals surface area contributed by atoms with E-state index in [1.165, 1.54) is 0 Å². The van der Waals surface area contributed by atoms with Gasteiger partial charge in [0.05, 0.1) is 0 Å². The summed E-state index contributed by atoms with van der Waals surface area (Å²) in [5.41, 5.74) is 0.993. The minimum Gasteiger partial charge on any atom is -0.356 e. The van der Waals surface area contributed by atoms with Crippen molar-refractivity contribution in [2.24, 2.45) is 11.8 Å². The van der Waals surface area contributed by atoms with Gasteiger partial charge in [0.15, 0.2) is 0 Å². The molecular formula is C12H17N5. The number of hydrogen-bond donors (Lipinski definition) is 0. The van der Waals surface area contributed by atoms with E-state index in [1.54, 1.807) is 6.33 Å². The van der Waals surface area contributed by atoms with Crippen molar-refractivity contribution in [1.29, 1.82) is 0 Å². The highest BCUT2D eigenvalue weighted by Gasteiger charge is 2.27. The van der Waals surface area contributed by atoms with Gasteiger partial charge < -0.3 is 4.90 Å². The molecule has 3 rings (SSSR count). The standard InChI is InChI=1S/C12H17N5/c1-8-5-16(6-9(8)2)11-4-10(3)15-12-13-7-14-17(11)12/h4,7-9H,5-6H2,1-3H3. The topological polar surface area (TPSA) is 46.3 Å². The number of hydrogen-bond acceptors (Lipinski definition) is 4. The fraction of sp³-hybridized carbons (Fsp3) is 0.583. The van der Waals surface area contributed by atoms with Gasteiger partial charge in [-0.3, -0.25) is 0 Å². The number of anilines is 1. The highest BCUT2D eigenvalue weighted by atomic mass is 15.4. The molecule has 2 atom stereocenters. The molecule has 17 heavy (non-hydrogen) atoms. The van der Waals surface area contributed by atoms with Gasteiger partial charge in [-0.15, -0.1) is 0 Å². The maximum absolute atomic E-state index is 4.37. The van der Waals surface area contributed by atoms with E-state index in [0.29, 0.717) is 5.78 Å². The summed E-state index contributed by atoms with van der Waals surface area (Å²) in [6, 6.07) is 2.09. The lowest BCUT2D eigenvalue weighted by molar-refractivity contribution is 0.494. The van der Waals surface area contributed by atoms with Gasteiger partial charge in [0, 0.05) is 24.8 Å². The third kappa shape index (κ3) is 1.66. The number of rotatable bonds is 1. The molecule has 0 amide bonds. The van der Waals surface area contributed by atoms with E-state index < -0.39 is 0 Å². The zero-order valence-electron chi connectivity index (χ0n) is 10.5. The van der Waals surface area contributed by atoms with E-state index in [4.69, 9.17) is 0 Å². The zero-order valence-corrected chi connectivity index (χ0v) is 10.5. The maximum Gasteiger partial charge on any atom is 0.254 e. The number of fused-ring (bicyclic) bond motifs is 1. The largest absolute Gasteiger partial charge is 0.356 e. The minimum absolute atomic E-state index is 0.687. The molecule has 3 heterocycles. The van der Waals surface area contributed by atoms with Crippen molar-refractivity contribution >= 4 is 11.6 Å². The van der Waals surface area contributed by atoms with Crippen LogP contribution in [0.2, 0.25) is 0 Å². The normalized spacial score (nSPS) is 24.8. The van der Waals surface area contributed by atoms with E-state index in [-0.39, 0.29) is 0 Å². The summed E-state index contributed by atoms with van der Waals surface area (Å²) >= 11 is 0. The molecule has 0 N–H and O–H groups in total. The Labute approximate surface area is 100 Å². The van der Waals surface area contributed by atoms with Crippen LogP contribution in [0.15, 0.2) is 12.4 Å². The van der Waals surface area contributed by atoms with Crippen LogP contribution in [-0.4, -0.2) is 32.7 Å². The summed E-state index contributed by atoms with van der Waals surface area (Å²) in [6.07, 6.45) is 1.56. The molecule has 90 valence electrons. The Hall–Kier alpha value is -1.65. The number of aryl methyl sites for hydroxylation is 1. The second-order valence-corrected chi connectivity index (χ2v) is 5.09. The lowest BCUT2D eigenvalue weighted by atomic mass is 10.0. The van der Waals surface area contributed by atoms with Gasteiger partial charge in [-0.05, 0) is 18.8 Å². The average molecular weight is 231 g/mol. The summed E-state index contributed by atoms with van der Waals surface area (Å²) in [7, 11) is 0. The molecule has 2 unspecified atom stereocenters. The molecule has 1 aliphatic heterocycles. The minimum atomic E-state index is 0.687. The van der Waals surface area contributed by atoms with Gasteiger partial charge in [0.25, 0.3) is 5.78 Å². The van der Waals surface area contributed by atoms with E-state index in [0.717, 1.165) is 36.4 Å². The van der Waals surface area contributed by atoms with Crippen LogP contribution in [0.3, 0.4) is 0 Å². The van der Waals surface area contributed by atoms with Gasteiger partial charge in [-0.25, -0.2) is 4.98 Å². The molecule has 5 heteroatoms. The predicted molar refractivity (Wildman–Crippen MR) is 66.1 cm³/mol. The van der Waals surface area contributed by atoms with Crippen molar-refractivity contribution in [3.63, 3.8) is 0 Å². The van der Waals surface area contributed by atoms with Crippen molar-refractivity contribution in [2.45, 2.75) is 20.8 Å². The second-order valence-electron chi connectivity index (χ2n) is 5.09. The number of aromatic nitrogens is 4. The molecule has 0 bridgehead atoms. The van der Waals surface area contributed by atoms with E-state index in [9.17, 15) is 0 Å². The van der Waals surface area contributed by atoms with Gasteiger partial charge in [0.1, 0.15) is 12.1 Å². The molecule has 2 aromatic heterocycles. The monoisotopic (exact) mass is 231 g/mol. The Kier molecular flexibility index (Phi) is 2.28. The first-order chi connectivity index (χ1) is 8.15. The van der Waals surface area contributed by atoms with Crippen LogP contribution in [0.5, 0.6) is 0 Å². The SMILES string of the molecule is Cc1cc(N2CC(C)C(C)C2)n2ncnc2n1. The third-order valence-corrected chi connectivity index (χ3v) is 3.67. The van der Waals surface area contributed by atoms with Crippen LogP contribution in [0, 0.1) is 18.8 Å². The third-order valence-electron chi connectivity index (χ3n) is 3.67. The molecule has 5 nitrogen and oxygen atoms in total. The molecule has 0 spiro atoms. The smallest absolute Gasteiger partial charge is 0.254 e. The molecule has 1 fully saturated rings. The summed E-state index contributed by atoms with van der Waals surface area (Å²) in [4.78, 5) is 10.9. The first-order valence-electron chi connectivity index (χ1n) is 6.07. The fourth-order valence-electron chi connectivity index (χ4n) is 2.45. The summed E-state index contributed by atoms with van der Waals surface area (Å²) in [6.45, 7) is 8.77. The first kappa shape index (κ1) is 10.5. The Morgan fingerprint density at radius 1 is 1.24 bits per heavy atom. The predicted octanol–water partition coefficient (Wildman–Crippen LogP) is 1.52. The second kappa shape index (κ2) is 3.68. The van der Waals surface area contributed by atoms with Crippen LogP contribution in [0.4, 0.5) is 5.82 Å². The maximum atomic E-state index is 4.37. The molecule has 1 aliphatic rings. The van der Waals surface area contributed by atoms with Gasteiger partial charge >= 0.3 is 0 Å². The lowest BCUT2D eigenvalue weighted by Gasteiger charge is -2.19. The first-order valence-corrected chi connectivity index (χ1v) is 6.07. The average Bonchev–Trinajstić information content (AvgIpc) is 2.85. The van der Waals surface area contributed by atoms with Crippen molar-refractivity contribution in [2.75, 3.05) is 18.0 Å². The summed E-state index contributed by atoms with van der Waals surface area (Å²) < 4.78 is 1.83. The van der Waals surface area contributed by atoms with Crippen LogP contribution in [0.1, 0.15) is 19.5 Å². The molecular weight excluding hydrogens is 214 g/mol. The highest BCUT2D eigenvalue weighted by Crippen LogP contribution is 2.27.